The van der Waals surface area contributed by atoms with Crippen molar-refractivity contribution in [3.8, 4) is 0 Å². The molecule has 1 aliphatic carbocycles. The number of aryl methyl sites for hydroxylation is 1. The van der Waals surface area contributed by atoms with Crippen LogP contribution in [0.1, 0.15) is 127 Å². The van der Waals surface area contributed by atoms with E-state index < -0.39 is 84.8 Å². The maximum absolute atomic E-state index is 15.2. The molecule has 4 aromatic carbocycles. The molecule has 84 heavy (non-hydrogen) atoms. The summed E-state index contributed by atoms with van der Waals surface area (Å²) in [5.41, 5.74) is 7.66. The Hall–Kier alpha value is -8.53. The summed E-state index contributed by atoms with van der Waals surface area (Å²) in [6.07, 6.45) is 4.91. The van der Waals surface area contributed by atoms with Crippen LogP contribution in [0.2, 0.25) is 0 Å². The number of rotatable bonds is 18. The van der Waals surface area contributed by atoms with Gasteiger partial charge in [0.15, 0.2) is 0 Å². The first-order chi connectivity index (χ1) is 40.2. The molecular weight excluding hydrogens is 1100 g/mol. The molecule has 24 heteroatoms. The standard InChI is InChI=1S/C60H67N10O13P/c1-67-49-29-36(16-21-46(49)70(60(67)80)48-23-25-51(72)65-57(48)77)28-34-12-14-35(15-13-34)30-52(73)68-27-26-41-18-22-47(56(76)63-43(20-24-50(61)71)54(74)66-53(37-8-4-2-5-9-37)38-10-6-3-7-11-38)69(41)58(78)45(33-68)64-55(75)44-32-40-31-39(17-19-42(40)62-44)59(79)84(81,82)83/h2-11,16-17,19,21,29,31-32,34-35,41,43,45,47-48,53,62H,12-15,18,20,22-28,30,33H2,1H3,(H2,61,71)(H,63,76)(H,64,75)(H,66,74)(H,65,72,77)(H2,81,82,83)/t34?,35?,41-,43+,45+,47+,48-/m1/s1. The molecule has 2 aromatic heterocycles. The van der Waals surface area contributed by atoms with Crippen molar-refractivity contribution in [1.82, 2.24) is 45.2 Å². The second-order valence-electron chi connectivity index (χ2n) is 22.6. The number of amides is 8. The lowest BCUT2D eigenvalue weighted by Gasteiger charge is -2.39. The van der Waals surface area contributed by atoms with Crippen LogP contribution in [0.15, 0.2) is 108 Å². The van der Waals surface area contributed by atoms with E-state index in [4.69, 9.17) is 5.73 Å². The highest BCUT2D eigenvalue weighted by Gasteiger charge is 2.46. The van der Waals surface area contributed by atoms with E-state index in [1.54, 1.807) is 11.9 Å². The van der Waals surface area contributed by atoms with Crippen molar-refractivity contribution in [3.05, 3.63) is 142 Å². The van der Waals surface area contributed by atoms with E-state index in [-0.39, 0.29) is 97.6 Å². The number of benzene rings is 4. The molecule has 5 heterocycles. The van der Waals surface area contributed by atoms with Crippen LogP contribution in [0, 0.1) is 11.8 Å². The number of fused-ring (bicyclic) bond motifs is 3. The molecule has 6 aromatic rings. The highest BCUT2D eigenvalue weighted by Crippen LogP contribution is 2.40. The molecule has 23 nitrogen and oxygen atoms in total. The molecule has 10 rings (SSSR count). The molecule has 5 atom stereocenters. The second kappa shape index (κ2) is 24.7. The van der Waals surface area contributed by atoms with Crippen LogP contribution in [0.25, 0.3) is 21.9 Å². The van der Waals surface area contributed by atoms with Crippen molar-refractivity contribution in [2.24, 2.45) is 24.6 Å². The molecule has 0 spiro atoms. The Balaban J connectivity index is 0.845. The molecule has 0 unspecified atom stereocenters. The molecule has 0 radical (unpaired) electrons. The molecule has 8 amide bonds. The third-order valence-corrected chi connectivity index (χ3v) is 17.8. The SMILES string of the molecule is Cn1c(=O)n([C@@H]2CCC(=O)NC2=O)c2ccc(CC3CCC(CC(=O)N4CC[C@H]5CC[C@@H](C(=O)N[C@@H](CCC(N)=O)C(=O)NC(c6ccccc6)c6ccccc6)N5C(=O)[C@@H](NC(=O)c5cc6cc(C(=O)P(=O)(O)O)ccc6[nH]5)C4)CC3)cc21. The van der Waals surface area contributed by atoms with E-state index in [0.717, 1.165) is 48.8 Å². The van der Waals surface area contributed by atoms with Crippen LogP contribution >= 0.6 is 7.60 Å². The van der Waals surface area contributed by atoms with Gasteiger partial charge in [-0.05, 0) is 129 Å². The van der Waals surface area contributed by atoms with Crippen LogP contribution in [0.4, 0.5) is 0 Å². The first kappa shape index (κ1) is 58.7. The zero-order chi connectivity index (χ0) is 59.6. The molecule has 1 saturated carbocycles. The largest absolute Gasteiger partial charge is 0.396 e. The highest BCUT2D eigenvalue weighted by atomic mass is 31.2. The molecule has 0 bridgehead atoms. The van der Waals surface area contributed by atoms with Gasteiger partial charge in [-0.1, -0.05) is 66.7 Å². The highest BCUT2D eigenvalue weighted by molar-refractivity contribution is 7.70. The number of aromatic nitrogens is 3. The van der Waals surface area contributed by atoms with E-state index in [1.807, 2.05) is 78.9 Å². The average Bonchev–Trinajstić information content (AvgIpc) is 3.38. The van der Waals surface area contributed by atoms with E-state index >= 15 is 4.79 Å². The third kappa shape index (κ3) is 12.8. The van der Waals surface area contributed by atoms with Crippen molar-refractivity contribution in [2.75, 3.05) is 13.1 Å². The summed E-state index contributed by atoms with van der Waals surface area (Å²) in [5, 5.41) is 11.3. The van der Waals surface area contributed by atoms with Gasteiger partial charge >= 0.3 is 13.3 Å². The lowest BCUT2D eigenvalue weighted by Crippen LogP contribution is -2.62. The number of hydrogen-bond acceptors (Lipinski definition) is 11. The Morgan fingerprint density at radius 2 is 1.46 bits per heavy atom. The Morgan fingerprint density at radius 3 is 2.13 bits per heavy atom. The normalized spacial score (nSPS) is 21.5. The van der Waals surface area contributed by atoms with Gasteiger partial charge in [-0.25, -0.2) is 4.79 Å². The van der Waals surface area contributed by atoms with E-state index in [1.165, 1.54) is 38.3 Å². The summed E-state index contributed by atoms with van der Waals surface area (Å²) in [4.78, 5) is 161. The zero-order valence-corrected chi connectivity index (χ0v) is 47.1. The molecule has 9 N–H and O–H groups in total. The fourth-order valence-corrected chi connectivity index (χ4v) is 13.1. The van der Waals surface area contributed by atoms with Gasteiger partial charge in [0.05, 0.1) is 17.1 Å². The fourth-order valence-electron chi connectivity index (χ4n) is 12.6. The van der Waals surface area contributed by atoms with Gasteiger partial charge in [-0.2, -0.15) is 0 Å². The maximum atomic E-state index is 15.2. The van der Waals surface area contributed by atoms with Gasteiger partial charge in [0.25, 0.3) is 11.4 Å². The van der Waals surface area contributed by atoms with Crippen molar-refractivity contribution >= 4 is 82.3 Å². The monoisotopic (exact) mass is 1170 g/mol. The van der Waals surface area contributed by atoms with Gasteiger partial charge in [-0.15, -0.1) is 0 Å². The third-order valence-electron chi connectivity index (χ3n) is 17.0. The predicted molar refractivity (Wildman–Crippen MR) is 306 cm³/mol. The number of primary amides is 1. The number of aromatic amines is 1. The van der Waals surface area contributed by atoms with Crippen LogP contribution in [-0.4, -0.2) is 124 Å². The lowest BCUT2D eigenvalue weighted by molar-refractivity contribution is -0.146. The van der Waals surface area contributed by atoms with Gasteiger partial charge in [0, 0.05) is 61.9 Å². The topological polar surface area (TPSA) is 335 Å². The van der Waals surface area contributed by atoms with Crippen LogP contribution in [-0.2, 0) is 51.6 Å². The minimum atomic E-state index is -5.13. The summed E-state index contributed by atoms with van der Waals surface area (Å²) in [7, 11) is -3.47. The zero-order valence-electron chi connectivity index (χ0n) is 46.2. The minimum absolute atomic E-state index is 0.0221. The fraction of sp³-hybridized carbons (Fsp3) is 0.400. The van der Waals surface area contributed by atoms with E-state index in [0.29, 0.717) is 29.4 Å². The Labute approximate surface area is 482 Å². The van der Waals surface area contributed by atoms with Crippen molar-refractivity contribution in [2.45, 2.75) is 120 Å². The smallest absolute Gasteiger partial charge is 0.370 e. The number of imide groups is 1. The van der Waals surface area contributed by atoms with E-state index in [9.17, 15) is 57.5 Å². The van der Waals surface area contributed by atoms with Gasteiger partial charge < -0.3 is 46.3 Å². The quantitative estimate of drug-likeness (QED) is 0.0448. The first-order valence-electron chi connectivity index (χ1n) is 28.4. The summed E-state index contributed by atoms with van der Waals surface area (Å²) in [6, 6.07) is 23.7. The number of imidazole rings is 1. The van der Waals surface area contributed by atoms with Crippen LogP contribution < -0.4 is 32.7 Å². The number of piperidine rings is 1. The number of hydrogen-bond donors (Lipinski definition) is 8. The van der Waals surface area contributed by atoms with Crippen molar-refractivity contribution in [1.29, 1.82) is 0 Å². The number of nitrogens with zero attached hydrogens (tertiary/aromatic N) is 4. The van der Waals surface area contributed by atoms with Gasteiger partial charge in [-0.3, -0.25) is 62.2 Å². The van der Waals surface area contributed by atoms with Crippen LogP contribution in [0.5, 0.6) is 0 Å². The Kier molecular flexibility index (Phi) is 17.3. The second-order valence-corrected chi connectivity index (χ2v) is 24.1. The summed E-state index contributed by atoms with van der Waals surface area (Å²) in [5.74, 6) is -4.13. The van der Waals surface area contributed by atoms with E-state index in [2.05, 4.69) is 26.3 Å². The number of nitrogens with two attached hydrogens (primary N) is 1. The molecule has 3 saturated heterocycles. The number of H-pyrrole nitrogens is 1. The first-order valence-corrected chi connectivity index (χ1v) is 30.0. The molecule has 4 fully saturated rings. The Morgan fingerprint density at radius 1 is 0.774 bits per heavy atom. The summed E-state index contributed by atoms with van der Waals surface area (Å²) < 4.78 is 14.8. The lowest BCUT2D eigenvalue weighted by atomic mass is 9.78. The number of carbonyl (C=O) groups is 9. The van der Waals surface area contributed by atoms with Crippen molar-refractivity contribution < 1.29 is 57.5 Å². The van der Waals surface area contributed by atoms with Crippen molar-refractivity contribution in [3.63, 3.8) is 0 Å². The van der Waals surface area contributed by atoms with Gasteiger partial charge in [0.1, 0.15) is 29.9 Å². The molecule has 4 aliphatic rings. The summed E-state index contributed by atoms with van der Waals surface area (Å²) >= 11 is 0. The number of nitrogens with one attached hydrogen (secondary N) is 5. The molecule has 440 valence electrons. The average molecular weight is 1170 g/mol. The van der Waals surface area contributed by atoms with Crippen LogP contribution in [0.3, 0.4) is 0 Å². The molecule has 3 aliphatic heterocycles. The van der Waals surface area contributed by atoms with Gasteiger partial charge in [0.2, 0.25) is 41.4 Å². The minimum Gasteiger partial charge on any atom is -0.370 e. The summed E-state index contributed by atoms with van der Waals surface area (Å²) in [6.45, 7) is -0.0654. The number of carbonyl (C=O) groups excluding carboxylic acids is 9. The Bertz CT molecular complexity index is 3640. The molecular formula is C60H67N10O13P. The predicted octanol–water partition coefficient (Wildman–Crippen LogP) is 3.90. The maximum Gasteiger partial charge on any atom is 0.396 e.